The van der Waals surface area contributed by atoms with Crippen LogP contribution < -0.4 is 0 Å². The molecule has 2 aliphatic carbocycles. The lowest BCUT2D eigenvalue weighted by molar-refractivity contribution is 0.111. The van der Waals surface area contributed by atoms with Crippen LogP contribution in [0.5, 0.6) is 0 Å². The summed E-state index contributed by atoms with van der Waals surface area (Å²) in [5.74, 6) is 2.31. The quantitative estimate of drug-likeness (QED) is 0.646. The van der Waals surface area contributed by atoms with E-state index in [0.717, 1.165) is 29.1 Å². The number of aldehydes is 1. The van der Waals surface area contributed by atoms with Crippen LogP contribution in [0.15, 0.2) is 36.4 Å². The van der Waals surface area contributed by atoms with Crippen LogP contribution in [-0.2, 0) is 0 Å². The Bertz CT molecular complexity index is 685. The lowest BCUT2D eigenvalue weighted by Gasteiger charge is -2.42. The van der Waals surface area contributed by atoms with Crippen LogP contribution in [0, 0.1) is 11.8 Å². The van der Waals surface area contributed by atoms with Crippen molar-refractivity contribution in [2.75, 3.05) is 0 Å². The first kappa shape index (κ1) is 14.0. The van der Waals surface area contributed by atoms with Crippen molar-refractivity contribution < 1.29 is 4.79 Å². The molecule has 1 heteroatoms. The largest absolute Gasteiger partial charge is 0.298 e. The van der Waals surface area contributed by atoms with Crippen LogP contribution in [0.4, 0.5) is 0 Å². The molecule has 1 nitrogen and oxygen atoms in total. The summed E-state index contributed by atoms with van der Waals surface area (Å²) < 4.78 is 0. The van der Waals surface area contributed by atoms with Gasteiger partial charge in [0.2, 0.25) is 0 Å². The number of rotatable bonds is 2. The average molecular weight is 292 g/mol. The van der Waals surface area contributed by atoms with E-state index < -0.39 is 0 Å². The second-order valence-electron chi connectivity index (χ2n) is 7.15. The van der Waals surface area contributed by atoms with Crippen molar-refractivity contribution in [3.05, 3.63) is 47.5 Å². The number of fused-ring (bicyclic) bond motifs is 2. The summed E-state index contributed by atoms with van der Waals surface area (Å²) in [5.41, 5.74) is 2.28. The lowest BCUT2D eigenvalue weighted by Crippen LogP contribution is -2.30. The zero-order chi connectivity index (χ0) is 14.9. The maximum Gasteiger partial charge on any atom is 0.150 e. The second-order valence-corrected chi connectivity index (χ2v) is 7.15. The number of benzene rings is 2. The highest BCUT2D eigenvalue weighted by Crippen LogP contribution is 2.49. The third-order valence-electron chi connectivity index (χ3n) is 6.10. The fourth-order valence-electron chi connectivity index (χ4n) is 5.09. The smallest absolute Gasteiger partial charge is 0.150 e. The zero-order valence-electron chi connectivity index (χ0n) is 13.1. The Hall–Kier alpha value is -1.63. The molecule has 22 heavy (non-hydrogen) atoms. The summed E-state index contributed by atoms with van der Waals surface area (Å²) in [6.45, 7) is 0. The van der Waals surface area contributed by atoms with Crippen LogP contribution in [0.1, 0.15) is 66.8 Å². The number of hydrogen-bond acceptors (Lipinski definition) is 1. The van der Waals surface area contributed by atoms with E-state index >= 15 is 0 Å². The standard InChI is InChI=1S/C21H24O/c22-14-21-18-10-4-2-7-16(18)12-13-20(21)19-11-5-8-15-6-1-3-9-17(15)19/h2,4,7,10,12-15,17,19H,1,3,5-6,8-9,11H2. The highest BCUT2D eigenvalue weighted by Gasteiger charge is 2.36. The van der Waals surface area contributed by atoms with E-state index in [4.69, 9.17) is 0 Å². The molecule has 0 spiro atoms. The summed E-state index contributed by atoms with van der Waals surface area (Å²) in [6, 6.07) is 12.8. The van der Waals surface area contributed by atoms with Crippen LogP contribution in [0.2, 0.25) is 0 Å². The third-order valence-corrected chi connectivity index (χ3v) is 6.10. The van der Waals surface area contributed by atoms with Gasteiger partial charge in [0.25, 0.3) is 0 Å². The van der Waals surface area contributed by atoms with Gasteiger partial charge < -0.3 is 0 Å². The summed E-state index contributed by atoms with van der Waals surface area (Å²) in [5, 5.41) is 2.32. The van der Waals surface area contributed by atoms with Gasteiger partial charge in [-0.15, -0.1) is 0 Å². The normalized spacial score (nSPS) is 28.3. The third kappa shape index (κ3) is 2.27. The molecule has 3 unspecified atom stereocenters. The molecule has 0 aliphatic heterocycles. The predicted molar refractivity (Wildman–Crippen MR) is 91.4 cm³/mol. The van der Waals surface area contributed by atoms with Crippen molar-refractivity contribution in [2.45, 2.75) is 50.9 Å². The van der Waals surface area contributed by atoms with E-state index in [1.165, 1.54) is 55.9 Å². The Morgan fingerprint density at radius 1 is 0.864 bits per heavy atom. The Labute approximate surface area is 132 Å². The second kappa shape index (κ2) is 5.87. The molecule has 0 N–H and O–H groups in total. The fourth-order valence-corrected chi connectivity index (χ4v) is 5.09. The van der Waals surface area contributed by atoms with Gasteiger partial charge in [-0.25, -0.2) is 0 Å². The minimum Gasteiger partial charge on any atom is -0.298 e. The maximum absolute atomic E-state index is 11.8. The highest BCUT2D eigenvalue weighted by molar-refractivity contribution is 5.99. The summed E-state index contributed by atoms with van der Waals surface area (Å²) >= 11 is 0. The van der Waals surface area contributed by atoms with Gasteiger partial charge in [0.1, 0.15) is 0 Å². The van der Waals surface area contributed by atoms with Gasteiger partial charge >= 0.3 is 0 Å². The van der Waals surface area contributed by atoms with E-state index in [0.29, 0.717) is 5.92 Å². The summed E-state index contributed by atoms with van der Waals surface area (Å²) in [7, 11) is 0. The topological polar surface area (TPSA) is 17.1 Å². The summed E-state index contributed by atoms with van der Waals surface area (Å²) in [4.78, 5) is 11.8. The molecule has 114 valence electrons. The van der Waals surface area contributed by atoms with Crippen molar-refractivity contribution in [2.24, 2.45) is 11.8 Å². The first-order valence-electron chi connectivity index (χ1n) is 8.85. The molecule has 3 atom stereocenters. The van der Waals surface area contributed by atoms with Crippen LogP contribution >= 0.6 is 0 Å². The molecule has 2 saturated carbocycles. The molecule has 0 heterocycles. The van der Waals surface area contributed by atoms with Gasteiger partial charge in [0, 0.05) is 5.56 Å². The van der Waals surface area contributed by atoms with E-state index in [2.05, 4.69) is 24.3 Å². The molecule has 4 rings (SSSR count). The molecule has 2 aliphatic rings. The Kier molecular flexibility index (Phi) is 3.73. The molecule has 0 radical (unpaired) electrons. The number of carbonyl (C=O) groups is 1. The van der Waals surface area contributed by atoms with Crippen molar-refractivity contribution >= 4 is 17.1 Å². The minimum absolute atomic E-state index is 0.601. The SMILES string of the molecule is O=Cc1c(C2CCCC3CCCCC32)ccc2ccccc12. The lowest BCUT2D eigenvalue weighted by atomic mass is 9.63. The fraction of sp³-hybridized carbons (Fsp3) is 0.476. The molecule has 2 fully saturated rings. The van der Waals surface area contributed by atoms with Crippen LogP contribution in [0.3, 0.4) is 0 Å². The molecule has 2 aromatic rings. The molecule has 0 saturated heterocycles. The van der Waals surface area contributed by atoms with Crippen LogP contribution in [0.25, 0.3) is 10.8 Å². The highest BCUT2D eigenvalue weighted by atomic mass is 16.1. The van der Waals surface area contributed by atoms with E-state index in [9.17, 15) is 4.79 Å². The van der Waals surface area contributed by atoms with Gasteiger partial charge in [-0.1, -0.05) is 68.5 Å². The van der Waals surface area contributed by atoms with E-state index in [1.807, 2.05) is 12.1 Å². The average Bonchev–Trinajstić information content (AvgIpc) is 2.60. The van der Waals surface area contributed by atoms with Crippen molar-refractivity contribution in [3.8, 4) is 0 Å². The Morgan fingerprint density at radius 2 is 1.68 bits per heavy atom. The van der Waals surface area contributed by atoms with Gasteiger partial charge in [0.15, 0.2) is 6.29 Å². The number of carbonyl (C=O) groups excluding carboxylic acids is 1. The van der Waals surface area contributed by atoms with Gasteiger partial charge in [-0.2, -0.15) is 0 Å². The minimum atomic E-state index is 0.601. The van der Waals surface area contributed by atoms with Gasteiger partial charge in [0.05, 0.1) is 0 Å². The van der Waals surface area contributed by atoms with E-state index in [1.54, 1.807) is 0 Å². The Morgan fingerprint density at radius 3 is 2.59 bits per heavy atom. The van der Waals surface area contributed by atoms with Crippen molar-refractivity contribution in [1.29, 1.82) is 0 Å². The molecule has 2 aromatic carbocycles. The zero-order valence-corrected chi connectivity index (χ0v) is 13.1. The first-order valence-corrected chi connectivity index (χ1v) is 8.85. The molecule has 0 amide bonds. The number of hydrogen-bond donors (Lipinski definition) is 0. The summed E-state index contributed by atoms with van der Waals surface area (Å²) in [6.07, 6.45) is 10.7. The van der Waals surface area contributed by atoms with Crippen LogP contribution in [-0.4, -0.2) is 6.29 Å². The molecule has 0 aromatic heterocycles. The van der Waals surface area contributed by atoms with Crippen molar-refractivity contribution in [3.63, 3.8) is 0 Å². The molecular weight excluding hydrogens is 268 g/mol. The maximum atomic E-state index is 11.8. The monoisotopic (exact) mass is 292 g/mol. The Balaban J connectivity index is 1.80. The van der Waals surface area contributed by atoms with Gasteiger partial charge in [-0.05, 0) is 46.9 Å². The molecule has 0 bridgehead atoms. The first-order chi connectivity index (χ1) is 10.9. The van der Waals surface area contributed by atoms with Gasteiger partial charge in [-0.3, -0.25) is 4.79 Å². The molecular formula is C21H24O. The van der Waals surface area contributed by atoms with E-state index in [-0.39, 0.29) is 0 Å². The van der Waals surface area contributed by atoms with Crippen molar-refractivity contribution in [1.82, 2.24) is 0 Å². The predicted octanol–water partition coefficient (Wildman–Crippen LogP) is 5.73.